The molecule has 0 spiro atoms. The van der Waals surface area contributed by atoms with Crippen molar-refractivity contribution in [2.24, 2.45) is 0 Å². The number of benzene rings is 3. The quantitative estimate of drug-likeness (QED) is 0.393. The summed E-state index contributed by atoms with van der Waals surface area (Å²) in [6.07, 6.45) is -4.64. The number of rotatable bonds is 3. The van der Waals surface area contributed by atoms with Crippen molar-refractivity contribution in [1.29, 1.82) is 0 Å². The summed E-state index contributed by atoms with van der Waals surface area (Å²) in [7, 11) is 0. The summed E-state index contributed by atoms with van der Waals surface area (Å²) in [6.45, 7) is 1.55. The van der Waals surface area contributed by atoms with Gasteiger partial charge in [0.1, 0.15) is 23.3 Å². The molecule has 0 atom stereocenters. The topological polar surface area (TPSA) is 0 Å². The van der Waals surface area contributed by atoms with Gasteiger partial charge in [-0.05, 0) is 59.5 Å². The number of halogens is 7. The maximum atomic E-state index is 14.1. The van der Waals surface area contributed by atoms with Crippen LogP contribution in [0.3, 0.4) is 0 Å². The summed E-state index contributed by atoms with van der Waals surface area (Å²) in [4.78, 5) is 0. The van der Waals surface area contributed by atoms with Crippen LogP contribution in [0.25, 0.3) is 28.3 Å². The van der Waals surface area contributed by atoms with Crippen molar-refractivity contribution >= 4 is 6.08 Å². The number of alkyl halides is 3. The van der Waals surface area contributed by atoms with Crippen molar-refractivity contribution in [2.45, 2.75) is 13.1 Å². The Bertz CT molecular complexity index is 1030. The molecule has 3 aromatic carbocycles. The number of hydrogen-bond acceptors (Lipinski definition) is 0. The second-order valence-electron chi connectivity index (χ2n) is 6.41. The molecule has 0 aliphatic carbocycles. The molecule has 150 valence electrons. The Labute approximate surface area is 161 Å². The fourth-order valence-electron chi connectivity index (χ4n) is 2.89. The maximum Gasteiger partial charge on any atom is 0.409 e. The van der Waals surface area contributed by atoms with Gasteiger partial charge < -0.3 is 0 Å². The fraction of sp³-hybridized carbons (Fsp3) is 0.0909. The van der Waals surface area contributed by atoms with E-state index < -0.39 is 35.0 Å². The second kappa shape index (κ2) is 7.73. The summed E-state index contributed by atoms with van der Waals surface area (Å²) in [6, 6.07) is 9.75. The lowest BCUT2D eigenvalue weighted by atomic mass is 9.98. The van der Waals surface area contributed by atoms with Gasteiger partial charge >= 0.3 is 6.18 Å². The van der Waals surface area contributed by atoms with Gasteiger partial charge in [0.25, 0.3) is 0 Å². The zero-order chi connectivity index (χ0) is 21.3. The number of allylic oxidation sites excluding steroid dienone is 1. The van der Waals surface area contributed by atoms with E-state index in [0.29, 0.717) is 17.2 Å². The van der Waals surface area contributed by atoms with Gasteiger partial charge in [0.05, 0.1) is 5.56 Å². The Morgan fingerprint density at radius 1 is 0.655 bits per heavy atom. The first-order valence-electron chi connectivity index (χ1n) is 8.36. The normalized spacial score (nSPS) is 12.0. The van der Waals surface area contributed by atoms with Gasteiger partial charge in [-0.1, -0.05) is 24.3 Å². The molecule has 0 aromatic heterocycles. The van der Waals surface area contributed by atoms with Gasteiger partial charge in [-0.15, -0.1) is 0 Å². The highest BCUT2D eigenvalue weighted by Crippen LogP contribution is 2.31. The highest BCUT2D eigenvalue weighted by molar-refractivity contribution is 5.72. The molecule has 0 aliphatic rings. The van der Waals surface area contributed by atoms with Crippen molar-refractivity contribution in [3.63, 3.8) is 0 Å². The van der Waals surface area contributed by atoms with E-state index >= 15 is 0 Å². The summed E-state index contributed by atoms with van der Waals surface area (Å²) in [5.74, 6) is -3.82. The molecule has 0 heterocycles. The van der Waals surface area contributed by atoms with Gasteiger partial charge in [0.15, 0.2) is 0 Å². The first-order chi connectivity index (χ1) is 13.5. The van der Waals surface area contributed by atoms with Crippen LogP contribution in [0.2, 0.25) is 0 Å². The van der Waals surface area contributed by atoms with Crippen molar-refractivity contribution < 1.29 is 30.7 Å². The molecule has 0 bridgehead atoms. The summed E-state index contributed by atoms with van der Waals surface area (Å²) in [5, 5.41) is 0. The molecule has 7 heteroatoms. The molecule has 0 saturated heterocycles. The monoisotopic (exact) mass is 410 g/mol. The van der Waals surface area contributed by atoms with Gasteiger partial charge in [-0.3, -0.25) is 0 Å². The maximum absolute atomic E-state index is 14.1. The highest BCUT2D eigenvalue weighted by atomic mass is 19.4. The molecular formula is C22H13F7. The minimum absolute atomic E-state index is 0.0700. The standard InChI is InChI=1S/C22H13F7/c1-12-8-19(25)21(20(26)9-12)14-4-2-13(3-5-14)15-10-17(23)16(18(24)11-15)6-7-22(27,28)29/h2-11H,1H3/b7-6+. The highest BCUT2D eigenvalue weighted by Gasteiger charge is 2.23. The number of hydrogen-bond donors (Lipinski definition) is 0. The minimum Gasteiger partial charge on any atom is -0.206 e. The van der Waals surface area contributed by atoms with E-state index in [1.807, 2.05) is 0 Å². The van der Waals surface area contributed by atoms with Crippen LogP contribution in [0.4, 0.5) is 30.7 Å². The Balaban J connectivity index is 1.96. The van der Waals surface area contributed by atoms with Crippen molar-refractivity contribution in [3.8, 4) is 22.3 Å². The lowest BCUT2D eigenvalue weighted by molar-refractivity contribution is -0.0790. The Hall–Kier alpha value is -3.09. The first kappa shape index (κ1) is 20.6. The Morgan fingerprint density at radius 3 is 1.62 bits per heavy atom. The van der Waals surface area contributed by atoms with Crippen LogP contribution in [0.5, 0.6) is 0 Å². The van der Waals surface area contributed by atoms with E-state index in [0.717, 1.165) is 12.1 Å². The van der Waals surface area contributed by atoms with E-state index in [1.165, 1.54) is 36.4 Å². The van der Waals surface area contributed by atoms with Gasteiger partial charge in [0, 0.05) is 11.6 Å². The third-order valence-electron chi connectivity index (χ3n) is 4.21. The zero-order valence-electron chi connectivity index (χ0n) is 14.9. The average Bonchev–Trinajstić information content (AvgIpc) is 2.59. The third kappa shape index (κ3) is 4.67. The largest absolute Gasteiger partial charge is 0.409 e. The van der Waals surface area contributed by atoms with E-state index in [2.05, 4.69) is 0 Å². The van der Waals surface area contributed by atoms with Crippen LogP contribution in [0.15, 0.2) is 54.6 Å². The van der Waals surface area contributed by atoms with Gasteiger partial charge in [-0.25, -0.2) is 17.6 Å². The summed E-state index contributed by atoms with van der Waals surface area (Å²) >= 11 is 0. The molecule has 0 aliphatic heterocycles. The molecular weight excluding hydrogens is 397 g/mol. The van der Waals surface area contributed by atoms with Crippen LogP contribution in [-0.4, -0.2) is 6.18 Å². The van der Waals surface area contributed by atoms with E-state index in [9.17, 15) is 30.7 Å². The lowest BCUT2D eigenvalue weighted by Crippen LogP contribution is -2.01. The van der Waals surface area contributed by atoms with Crippen LogP contribution in [0.1, 0.15) is 11.1 Å². The van der Waals surface area contributed by atoms with Gasteiger partial charge in [0.2, 0.25) is 0 Å². The van der Waals surface area contributed by atoms with Crippen LogP contribution in [0, 0.1) is 30.2 Å². The van der Waals surface area contributed by atoms with Gasteiger partial charge in [-0.2, -0.15) is 13.2 Å². The fourth-order valence-corrected chi connectivity index (χ4v) is 2.89. The lowest BCUT2D eigenvalue weighted by Gasteiger charge is -2.09. The molecule has 0 amide bonds. The molecule has 0 fully saturated rings. The average molecular weight is 410 g/mol. The Morgan fingerprint density at radius 2 is 1.14 bits per heavy atom. The minimum atomic E-state index is -4.70. The van der Waals surface area contributed by atoms with Crippen molar-refractivity contribution in [3.05, 3.63) is 89.0 Å². The molecule has 29 heavy (non-hydrogen) atoms. The van der Waals surface area contributed by atoms with E-state index in [4.69, 9.17) is 0 Å². The molecule has 3 aromatic rings. The second-order valence-corrected chi connectivity index (χ2v) is 6.41. The molecule has 0 nitrogen and oxygen atoms in total. The first-order valence-corrected chi connectivity index (χ1v) is 8.36. The van der Waals surface area contributed by atoms with E-state index in [1.54, 1.807) is 6.92 Å². The molecule has 3 rings (SSSR count). The van der Waals surface area contributed by atoms with Crippen molar-refractivity contribution in [2.75, 3.05) is 0 Å². The smallest absolute Gasteiger partial charge is 0.206 e. The van der Waals surface area contributed by atoms with Crippen molar-refractivity contribution in [1.82, 2.24) is 0 Å². The molecule has 0 saturated carbocycles. The third-order valence-corrected chi connectivity index (χ3v) is 4.21. The Kier molecular flexibility index (Phi) is 5.50. The van der Waals surface area contributed by atoms with Crippen LogP contribution >= 0.6 is 0 Å². The van der Waals surface area contributed by atoms with E-state index in [-0.39, 0.29) is 22.8 Å². The zero-order valence-corrected chi connectivity index (χ0v) is 14.9. The molecule has 0 N–H and O–H groups in total. The molecule has 0 unspecified atom stereocenters. The predicted molar refractivity (Wildman–Crippen MR) is 97.0 cm³/mol. The molecule has 0 radical (unpaired) electrons. The predicted octanol–water partition coefficient (Wildman–Crippen LogP) is 7.46. The van der Waals surface area contributed by atoms with Crippen LogP contribution in [-0.2, 0) is 0 Å². The SMILES string of the molecule is Cc1cc(F)c(-c2ccc(-c3cc(F)c(/C=C/C(F)(F)F)c(F)c3)cc2)c(F)c1. The summed E-state index contributed by atoms with van der Waals surface area (Å²) in [5.41, 5.74) is 0.00503. The summed E-state index contributed by atoms with van der Waals surface area (Å²) < 4.78 is 93.1. The van der Waals surface area contributed by atoms with Crippen LogP contribution < -0.4 is 0 Å². The number of aryl methyl sites for hydroxylation is 1.